The fraction of sp³-hybridized carbons (Fsp3) is 0.250. The maximum Gasteiger partial charge on any atom is 0.261 e. The van der Waals surface area contributed by atoms with E-state index in [0.29, 0.717) is 6.61 Å². The minimum Gasteiger partial charge on any atom is -0.403 e. The van der Waals surface area contributed by atoms with Gasteiger partial charge >= 0.3 is 0 Å². The molecule has 0 atom stereocenters. The molecular weight excluding hydrogens is 459 g/mol. The number of alkyl halides is 1. The van der Waals surface area contributed by atoms with E-state index in [4.69, 9.17) is 4.43 Å². The lowest BCUT2D eigenvalue weighted by atomic mass is 10.1. The Labute approximate surface area is 178 Å². The average molecular weight is 486 g/mol. The molecule has 140 valence electrons. The van der Waals surface area contributed by atoms with Crippen LogP contribution in [0.1, 0.15) is 31.9 Å². The third-order valence-electron chi connectivity index (χ3n) is 5.12. The van der Waals surface area contributed by atoms with Gasteiger partial charge in [0.1, 0.15) is 0 Å². The van der Waals surface area contributed by atoms with Gasteiger partial charge in [-0.2, -0.15) is 0 Å². The van der Waals surface area contributed by atoms with Crippen molar-refractivity contribution in [2.75, 3.05) is 0 Å². The first kappa shape index (κ1) is 20.3. The Morgan fingerprint density at radius 1 is 0.704 bits per heavy atom. The molecule has 1 nitrogen and oxygen atoms in total. The molecule has 0 bridgehead atoms. The monoisotopic (exact) mass is 486 g/mol. The van der Waals surface area contributed by atoms with E-state index in [0.717, 1.165) is 4.43 Å². The molecule has 0 N–H and O–H groups in total. The van der Waals surface area contributed by atoms with Crippen molar-refractivity contribution < 1.29 is 4.43 Å². The summed E-state index contributed by atoms with van der Waals surface area (Å²) >= 11 is 2.43. The number of halogens is 1. The van der Waals surface area contributed by atoms with Gasteiger partial charge in [-0.05, 0) is 26.5 Å². The van der Waals surface area contributed by atoms with E-state index in [2.05, 4.69) is 128 Å². The van der Waals surface area contributed by atoms with Gasteiger partial charge in [-0.25, -0.2) is 0 Å². The van der Waals surface area contributed by atoms with Crippen LogP contribution in [0.25, 0.3) is 0 Å². The summed E-state index contributed by atoms with van der Waals surface area (Å²) in [6, 6.07) is 30.3. The van der Waals surface area contributed by atoms with Gasteiger partial charge in [0, 0.05) is 4.43 Å². The summed E-state index contributed by atoms with van der Waals surface area (Å²) in [7, 11) is -2.47. The first-order chi connectivity index (χ1) is 13.0. The van der Waals surface area contributed by atoms with E-state index >= 15 is 0 Å². The van der Waals surface area contributed by atoms with E-state index in [-0.39, 0.29) is 5.04 Å². The van der Waals surface area contributed by atoms with Crippen LogP contribution in [-0.4, -0.2) is 8.32 Å². The number of rotatable bonds is 6. The molecule has 0 fully saturated rings. The Kier molecular flexibility index (Phi) is 6.55. The van der Waals surface area contributed by atoms with Crippen LogP contribution in [0.2, 0.25) is 5.04 Å². The van der Waals surface area contributed by atoms with E-state index in [9.17, 15) is 0 Å². The summed E-state index contributed by atoms with van der Waals surface area (Å²) in [6.45, 7) is 7.61. The van der Waals surface area contributed by atoms with Gasteiger partial charge in [0.25, 0.3) is 8.32 Å². The summed E-state index contributed by atoms with van der Waals surface area (Å²) in [5, 5.41) is 2.67. The van der Waals surface area contributed by atoms with Crippen LogP contribution in [0, 0.1) is 0 Å². The zero-order valence-electron chi connectivity index (χ0n) is 16.3. The molecule has 0 aliphatic carbocycles. The topological polar surface area (TPSA) is 9.23 Å². The predicted octanol–water partition coefficient (Wildman–Crippen LogP) is 5.70. The third kappa shape index (κ3) is 4.20. The Balaban J connectivity index is 2.12. The second-order valence-corrected chi connectivity index (χ2v) is 12.9. The second kappa shape index (κ2) is 8.72. The zero-order valence-corrected chi connectivity index (χ0v) is 19.4. The standard InChI is InChI=1S/C24H27IOSi/c1-24(2,3)27(22-14-6-4-7-15-22,23-16-8-5-9-17-23)26-19-21-13-11-10-12-20(21)18-25/h4-17H,18-19H2,1-3H3. The minimum atomic E-state index is -2.47. The second-order valence-electron chi connectivity index (χ2n) is 7.85. The third-order valence-corrected chi connectivity index (χ3v) is 10.9. The van der Waals surface area contributed by atoms with Crippen molar-refractivity contribution in [1.82, 2.24) is 0 Å². The highest BCUT2D eigenvalue weighted by atomic mass is 127. The van der Waals surface area contributed by atoms with Gasteiger partial charge in [-0.3, -0.25) is 0 Å². The minimum absolute atomic E-state index is 0.00890. The van der Waals surface area contributed by atoms with Crippen LogP contribution < -0.4 is 10.4 Å². The highest BCUT2D eigenvalue weighted by Gasteiger charge is 2.50. The molecule has 3 aromatic carbocycles. The van der Waals surface area contributed by atoms with Crippen LogP contribution >= 0.6 is 22.6 Å². The molecule has 0 aromatic heterocycles. The Hall–Kier alpha value is -1.43. The molecule has 3 heteroatoms. The van der Waals surface area contributed by atoms with Crippen molar-refractivity contribution in [2.45, 2.75) is 36.8 Å². The molecule has 0 saturated heterocycles. The fourth-order valence-electron chi connectivity index (χ4n) is 3.78. The van der Waals surface area contributed by atoms with Crippen molar-refractivity contribution in [3.8, 4) is 0 Å². The van der Waals surface area contributed by atoms with E-state index < -0.39 is 8.32 Å². The normalized spacial score (nSPS) is 12.1. The first-order valence-corrected chi connectivity index (χ1v) is 12.8. The molecule has 0 saturated carbocycles. The highest BCUT2D eigenvalue weighted by molar-refractivity contribution is 14.1. The highest BCUT2D eigenvalue weighted by Crippen LogP contribution is 2.37. The molecule has 3 rings (SSSR count). The Bertz CT molecular complexity index is 817. The van der Waals surface area contributed by atoms with Gasteiger partial charge in [0.2, 0.25) is 0 Å². The number of hydrogen-bond acceptors (Lipinski definition) is 1. The largest absolute Gasteiger partial charge is 0.403 e. The van der Waals surface area contributed by atoms with Crippen molar-refractivity contribution >= 4 is 41.3 Å². The Morgan fingerprint density at radius 2 is 1.15 bits per heavy atom. The zero-order chi connectivity index (χ0) is 19.3. The fourth-order valence-corrected chi connectivity index (χ4v) is 9.05. The van der Waals surface area contributed by atoms with E-state index in [1.54, 1.807) is 0 Å². The molecule has 27 heavy (non-hydrogen) atoms. The lowest BCUT2D eigenvalue weighted by Gasteiger charge is -2.43. The van der Waals surface area contributed by atoms with Crippen LogP contribution in [0.3, 0.4) is 0 Å². The summed E-state index contributed by atoms with van der Waals surface area (Å²) in [6.07, 6.45) is 0. The van der Waals surface area contributed by atoms with Gasteiger partial charge in [-0.15, -0.1) is 0 Å². The molecule has 0 aliphatic rings. The summed E-state index contributed by atoms with van der Waals surface area (Å²) < 4.78 is 8.03. The van der Waals surface area contributed by atoms with Gasteiger partial charge < -0.3 is 4.43 Å². The molecular formula is C24H27IOSi. The van der Waals surface area contributed by atoms with Gasteiger partial charge in [0.15, 0.2) is 0 Å². The van der Waals surface area contributed by atoms with Crippen LogP contribution in [0.15, 0.2) is 84.9 Å². The average Bonchev–Trinajstić information content (AvgIpc) is 2.69. The van der Waals surface area contributed by atoms with E-state index in [1.165, 1.54) is 21.5 Å². The predicted molar refractivity (Wildman–Crippen MR) is 127 cm³/mol. The molecule has 0 amide bonds. The summed E-state index contributed by atoms with van der Waals surface area (Å²) in [5.74, 6) is 0. The molecule has 0 radical (unpaired) electrons. The SMILES string of the molecule is CC(C)(C)[Si](OCc1ccccc1CI)(c1ccccc1)c1ccccc1. The molecule has 3 aromatic rings. The van der Waals surface area contributed by atoms with Gasteiger partial charge in [0.05, 0.1) is 6.61 Å². The molecule has 0 spiro atoms. The smallest absolute Gasteiger partial charge is 0.261 e. The van der Waals surface area contributed by atoms with Crippen LogP contribution in [-0.2, 0) is 15.5 Å². The maximum absolute atomic E-state index is 7.03. The first-order valence-electron chi connectivity index (χ1n) is 9.37. The molecule has 0 aliphatic heterocycles. The quantitative estimate of drug-likeness (QED) is 0.247. The Morgan fingerprint density at radius 3 is 1.59 bits per heavy atom. The van der Waals surface area contributed by atoms with Crippen molar-refractivity contribution in [3.05, 3.63) is 96.1 Å². The lowest BCUT2D eigenvalue weighted by Crippen LogP contribution is -2.66. The lowest BCUT2D eigenvalue weighted by molar-refractivity contribution is 0.285. The molecule has 0 heterocycles. The van der Waals surface area contributed by atoms with Crippen LogP contribution in [0.5, 0.6) is 0 Å². The van der Waals surface area contributed by atoms with Crippen molar-refractivity contribution in [1.29, 1.82) is 0 Å². The van der Waals surface area contributed by atoms with Crippen molar-refractivity contribution in [3.63, 3.8) is 0 Å². The molecule has 0 unspecified atom stereocenters. The summed E-state index contributed by atoms with van der Waals surface area (Å²) in [5.41, 5.74) is 2.65. The maximum atomic E-state index is 7.03. The summed E-state index contributed by atoms with van der Waals surface area (Å²) in [4.78, 5) is 0. The van der Waals surface area contributed by atoms with Crippen LogP contribution in [0.4, 0.5) is 0 Å². The van der Waals surface area contributed by atoms with Crippen molar-refractivity contribution in [2.24, 2.45) is 0 Å². The number of hydrogen-bond donors (Lipinski definition) is 0. The number of benzene rings is 3. The van der Waals surface area contributed by atoms with Gasteiger partial charge in [-0.1, -0.05) is 128 Å². The van der Waals surface area contributed by atoms with E-state index in [1.807, 2.05) is 0 Å².